The van der Waals surface area contributed by atoms with Crippen LogP contribution in [0.3, 0.4) is 0 Å². The predicted molar refractivity (Wildman–Crippen MR) is 127 cm³/mol. The molecule has 13 nitrogen and oxygen atoms in total. The second-order valence-corrected chi connectivity index (χ2v) is 7.03. The van der Waals surface area contributed by atoms with Gasteiger partial charge in [-0.2, -0.15) is 0 Å². The Morgan fingerprint density at radius 3 is 1.28 bits per heavy atom. The summed E-state index contributed by atoms with van der Waals surface area (Å²) in [5, 5.41) is 19.0. The predicted octanol–water partition coefficient (Wildman–Crippen LogP) is 1.56. The van der Waals surface area contributed by atoms with E-state index in [-0.39, 0.29) is 18.7 Å². The number of rotatable bonds is 26. The van der Waals surface area contributed by atoms with Crippen molar-refractivity contribution in [3.05, 3.63) is 34.4 Å². The van der Waals surface area contributed by atoms with Crippen LogP contribution in [0.1, 0.15) is 6.42 Å². The highest BCUT2D eigenvalue weighted by molar-refractivity contribution is 5.66. The quantitative estimate of drug-likeness (QED) is 0.107. The SMILES string of the molecule is O=C(O)CCOCCOCCOCCOCCOCCOCCOCCOc1ccc([N+](=O)[O-])cc1. The second-order valence-electron chi connectivity index (χ2n) is 7.03. The number of carbonyl (C=O) groups is 1. The zero-order valence-electron chi connectivity index (χ0n) is 20.5. The van der Waals surface area contributed by atoms with Crippen LogP contribution in [0, 0.1) is 10.1 Å². The number of carboxylic acids is 1. The third-order valence-electron chi connectivity index (χ3n) is 4.24. The molecule has 0 aliphatic heterocycles. The summed E-state index contributed by atoms with van der Waals surface area (Å²) in [6.07, 6.45) is -0.00835. The molecule has 1 aromatic carbocycles. The molecule has 36 heavy (non-hydrogen) atoms. The number of hydrogen-bond acceptors (Lipinski definition) is 11. The summed E-state index contributed by atoms with van der Waals surface area (Å²) < 4.78 is 42.8. The van der Waals surface area contributed by atoms with Gasteiger partial charge in [0.15, 0.2) is 0 Å². The Morgan fingerprint density at radius 2 is 0.944 bits per heavy atom. The molecule has 0 saturated carbocycles. The Kier molecular flexibility index (Phi) is 20.2. The van der Waals surface area contributed by atoms with E-state index >= 15 is 0 Å². The molecule has 13 heteroatoms. The van der Waals surface area contributed by atoms with E-state index in [9.17, 15) is 14.9 Å². The van der Waals surface area contributed by atoms with Crippen LogP contribution in [0.2, 0.25) is 0 Å². The van der Waals surface area contributed by atoms with Gasteiger partial charge in [0.05, 0.1) is 104 Å². The smallest absolute Gasteiger partial charge is 0.305 e. The van der Waals surface area contributed by atoms with Gasteiger partial charge >= 0.3 is 5.97 Å². The Hall–Kier alpha value is -2.39. The normalized spacial score (nSPS) is 11.0. The summed E-state index contributed by atoms with van der Waals surface area (Å²) in [7, 11) is 0. The van der Waals surface area contributed by atoms with Gasteiger partial charge in [-0.15, -0.1) is 0 Å². The molecule has 0 unspecified atom stereocenters. The Labute approximate surface area is 210 Å². The van der Waals surface area contributed by atoms with Crippen molar-refractivity contribution in [2.45, 2.75) is 6.42 Å². The molecule has 0 aliphatic carbocycles. The minimum atomic E-state index is -0.881. The van der Waals surface area contributed by atoms with E-state index in [0.717, 1.165) is 0 Å². The van der Waals surface area contributed by atoms with Crippen LogP contribution in [-0.4, -0.2) is 115 Å². The van der Waals surface area contributed by atoms with E-state index in [1.807, 2.05) is 0 Å². The number of benzene rings is 1. The van der Waals surface area contributed by atoms with Crippen molar-refractivity contribution in [1.29, 1.82) is 0 Å². The summed E-state index contributed by atoms with van der Waals surface area (Å²) in [5.74, 6) is -0.330. The van der Waals surface area contributed by atoms with Crippen LogP contribution < -0.4 is 4.74 Å². The van der Waals surface area contributed by atoms with E-state index in [2.05, 4.69) is 0 Å². The van der Waals surface area contributed by atoms with Crippen LogP contribution >= 0.6 is 0 Å². The van der Waals surface area contributed by atoms with Gasteiger partial charge in [-0.05, 0) is 12.1 Å². The third-order valence-corrected chi connectivity index (χ3v) is 4.24. The number of ether oxygens (including phenoxy) is 8. The third kappa shape index (κ3) is 19.9. The van der Waals surface area contributed by atoms with Crippen molar-refractivity contribution in [3.63, 3.8) is 0 Å². The lowest BCUT2D eigenvalue weighted by atomic mass is 10.3. The van der Waals surface area contributed by atoms with E-state index in [1.165, 1.54) is 12.1 Å². The molecule has 0 atom stereocenters. The molecule has 0 heterocycles. The summed E-state index contributed by atoms with van der Waals surface area (Å²) in [5.41, 5.74) is 0.0211. The summed E-state index contributed by atoms with van der Waals surface area (Å²) in [6, 6.07) is 5.88. The lowest BCUT2D eigenvalue weighted by Crippen LogP contribution is -2.15. The average molecular weight is 520 g/mol. The van der Waals surface area contributed by atoms with E-state index in [1.54, 1.807) is 12.1 Å². The molecule has 206 valence electrons. The molecule has 0 saturated heterocycles. The van der Waals surface area contributed by atoms with Gasteiger partial charge < -0.3 is 43.0 Å². The van der Waals surface area contributed by atoms with Gasteiger partial charge in [0.25, 0.3) is 5.69 Å². The standard InChI is InChI=1S/C23H37NO12/c25-23(26)5-6-29-7-8-30-9-10-31-11-12-32-13-14-33-15-16-34-17-18-35-19-20-36-22-3-1-21(2-4-22)24(27)28/h1-4H,5-20H2,(H,25,26). The fourth-order valence-electron chi connectivity index (χ4n) is 2.46. The monoisotopic (exact) mass is 519 g/mol. The molecular formula is C23H37NO12. The first kappa shape index (κ1) is 31.6. The van der Waals surface area contributed by atoms with Crippen molar-refractivity contribution < 1.29 is 52.7 Å². The van der Waals surface area contributed by atoms with Gasteiger partial charge in [-0.1, -0.05) is 0 Å². The van der Waals surface area contributed by atoms with Crippen LogP contribution in [0.15, 0.2) is 24.3 Å². The largest absolute Gasteiger partial charge is 0.491 e. The molecule has 1 N–H and O–H groups in total. The molecule has 0 fully saturated rings. The Balaban J connectivity index is 1.71. The molecule has 0 aliphatic rings. The number of non-ortho nitro benzene ring substituents is 1. The van der Waals surface area contributed by atoms with Crippen molar-refractivity contribution in [2.75, 3.05) is 99.1 Å². The minimum Gasteiger partial charge on any atom is -0.491 e. The van der Waals surface area contributed by atoms with Crippen LogP contribution in [0.4, 0.5) is 5.69 Å². The first-order chi connectivity index (χ1) is 17.6. The molecule has 0 aromatic heterocycles. The Bertz CT molecular complexity index is 674. The zero-order chi connectivity index (χ0) is 26.1. The first-order valence-corrected chi connectivity index (χ1v) is 11.7. The van der Waals surface area contributed by atoms with Crippen molar-refractivity contribution in [3.8, 4) is 5.75 Å². The topological polar surface area (TPSA) is 154 Å². The van der Waals surface area contributed by atoms with Crippen molar-refractivity contribution >= 4 is 11.7 Å². The molecule has 0 amide bonds. The molecule has 1 aromatic rings. The van der Waals surface area contributed by atoms with Gasteiger partial charge in [0, 0.05) is 12.1 Å². The lowest BCUT2D eigenvalue weighted by Gasteiger charge is -2.09. The number of nitro groups is 1. The number of aliphatic carboxylic acids is 1. The van der Waals surface area contributed by atoms with Crippen molar-refractivity contribution in [1.82, 2.24) is 0 Å². The van der Waals surface area contributed by atoms with Gasteiger partial charge in [-0.3, -0.25) is 14.9 Å². The molecule has 1 rings (SSSR count). The molecular weight excluding hydrogens is 482 g/mol. The Morgan fingerprint density at radius 1 is 0.611 bits per heavy atom. The highest BCUT2D eigenvalue weighted by Gasteiger charge is 2.04. The van der Waals surface area contributed by atoms with E-state index < -0.39 is 10.9 Å². The lowest BCUT2D eigenvalue weighted by molar-refractivity contribution is -0.384. The average Bonchev–Trinajstić information content (AvgIpc) is 2.86. The number of nitro benzene ring substituents is 1. The van der Waals surface area contributed by atoms with Crippen molar-refractivity contribution in [2.24, 2.45) is 0 Å². The van der Waals surface area contributed by atoms with Gasteiger partial charge in [-0.25, -0.2) is 0 Å². The first-order valence-electron chi connectivity index (χ1n) is 11.7. The van der Waals surface area contributed by atoms with Crippen LogP contribution in [0.5, 0.6) is 5.75 Å². The van der Waals surface area contributed by atoms with E-state index in [0.29, 0.717) is 98.2 Å². The maximum absolute atomic E-state index is 10.6. The number of hydrogen-bond donors (Lipinski definition) is 1. The molecule has 0 spiro atoms. The van der Waals surface area contributed by atoms with Gasteiger partial charge in [0.1, 0.15) is 12.4 Å². The summed E-state index contributed by atoms with van der Waals surface area (Å²) in [4.78, 5) is 20.4. The maximum Gasteiger partial charge on any atom is 0.305 e. The summed E-state index contributed by atoms with van der Waals surface area (Å²) >= 11 is 0. The second kappa shape index (κ2) is 23.0. The maximum atomic E-state index is 10.6. The summed E-state index contributed by atoms with van der Waals surface area (Å²) in [6.45, 7) is 6.18. The fourth-order valence-corrected chi connectivity index (χ4v) is 2.46. The zero-order valence-corrected chi connectivity index (χ0v) is 20.5. The van der Waals surface area contributed by atoms with E-state index in [4.69, 9.17) is 43.0 Å². The highest BCUT2D eigenvalue weighted by atomic mass is 16.6. The molecule has 0 bridgehead atoms. The minimum absolute atomic E-state index is 0.00835. The van der Waals surface area contributed by atoms with Crippen LogP contribution in [-0.2, 0) is 38.0 Å². The fraction of sp³-hybridized carbons (Fsp3) is 0.696. The number of carboxylic acid groups (broad SMARTS) is 1. The highest BCUT2D eigenvalue weighted by Crippen LogP contribution is 2.17. The van der Waals surface area contributed by atoms with Gasteiger partial charge in [0.2, 0.25) is 0 Å². The molecule has 0 radical (unpaired) electrons. The van der Waals surface area contributed by atoms with Crippen LogP contribution in [0.25, 0.3) is 0 Å². The number of nitrogens with zero attached hydrogens (tertiary/aromatic N) is 1.